The van der Waals surface area contributed by atoms with Crippen LogP contribution in [0.5, 0.6) is 0 Å². The molecule has 0 heterocycles. The van der Waals surface area contributed by atoms with Crippen molar-refractivity contribution in [3.63, 3.8) is 0 Å². The SMILES string of the molecule is CCNC(C=CCC1C=CC=CC=C1)CC(C)=O. The van der Waals surface area contributed by atoms with Crippen molar-refractivity contribution in [2.45, 2.75) is 32.7 Å². The van der Waals surface area contributed by atoms with E-state index in [-0.39, 0.29) is 11.8 Å². The predicted octanol–water partition coefficient (Wildman–Crippen LogP) is 3.19. The molecular formula is C16H23NO. The van der Waals surface area contributed by atoms with Gasteiger partial charge >= 0.3 is 0 Å². The first-order valence-electron chi connectivity index (χ1n) is 6.63. The molecule has 98 valence electrons. The first-order valence-corrected chi connectivity index (χ1v) is 6.63. The number of likely N-dealkylation sites (N-methyl/N-ethyl adjacent to an activating group) is 1. The summed E-state index contributed by atoms with van der Waals surface area (Å²) in [4.78, 5) is 11.1. The molecule has 0 amide bonds. The summed E-state index contributed by atoms with van der Waals surface area (Å²) < 4.78 is 0. The van der Waals surface area contributed by atoms with Gasteiger partial charge in [-0.05, 0) is 25.8 Å². The van der Waals surface area contributed by atoms with E-state index in [9.17, 15) is 4.79 Å². The summed E-state index contributed by atoms with van der Waals surface area (Å²) in [5.74, 6) is 0.680. The minimum absolute atomic E-state index is 0.171. The quantitative estimate of drug-likeness (QED) is 0.698. The molecule has 0 aromatic carbocycles. The molecule has 1 aliphatic rings. The number of allylic oxidation sites excluding steroid dienone is 7. The molecule has 0 saturated heterocycles. The lowest BCUT2D eigenvalue weighted by molar-refractivity contribution is -0.117. The summed E-state index contributed by atoms with van der Waals surface area (Å²) in [6.45, 7) is 4.58. The Morgan fingerprint density at radius 2 is 1.94 bits per heavy atom. The van der Waals surface area contributed by atoms with Gasteiger partial charge in [0.1, 0.15) is 5.78 Å². The molecule has 2 nitrogen and oxygen atoms in total. The highest BCUT2D eigenvalue weighted by molar-refractivity contribution is 5.76. The van der Waals surface area contributed by atoms with Crippen molar-refractivity contribution in [3.8, 4) is 0 Å². The van der Waals surface area contributed by atoms with Crippen LogP contribution in [0.2, 0.25) is 0 Å². The van der Waals surface area contributed by atoms with Crippen LogP contribution in [0.1, 0.15) is 26.7 Å². The van der Waals surface area contributed by atoms with Gasteiger partial charge in [-0.3, -0.25) is 4.79 Å². The molecule has 1 N–H and O–H groups in total. The van der Waals surface area contributed by atoms with Gasteiger partial charge in [0.2, 0.25) is 0 Å². The number of nitrogens with one attached hydrogen (secondary N) is 1. The molecule has 0 radical (unpaired) electrons. The largest absolute Gasteiger partial charge is 0.310 e. The zero-order valence-corrected chi connectivity index (χ0v) is 11.3. The van der Waals surface area contributed by atoms with Crippen LogP contribution < -0.4 is 5.32 Å². The molecule has 0 aliphatic heterocycles. The number of carbonyl (C=O) groups is 1. The Kier molecular flexibility index (Phi) is 7.04. The van der Waals surface area contributed by atoms with E-state index in [1.165, 1.54) is 0 Å². The Balaban J connectivity index is 2.43. The maximum Gasteiger partial charge on any atom is 0.131 e. The number of Topliss-reactive ketones (excluding diaryl/α,β-unsaturated/α-hetero) is 1. The molecule has 0 bridgehead atoms. The lowest BCUT2D eigenvalue weighted by atomic mass is 10.0. The smallest absolute Gasteiger partial charge is 0.131 e. The van der Waals surface area contributed by atoms with Gasteiger partial charge in [-0.1, -0.05) is 55.5 Å². The zero-order valence-electron chi connectivity index (χ0n) is 11.3. The van der Waals surface area contributed by atoms with Crippen LogP contribution in [0.3, 0.4) is 0 Å². The summed E-state index contributed by atoms with van der Waals surface area (Å²) >= 11 is 0. The lowest BCUT2D eigenvalue weighted by Gasteiger charge is -2.12. The first kappa shape index (κ1) is 14.7. The molecule has 1 unspecified atom stereocenters. The van der Waals surface area contributed by atoms with E-state index in [0.717, 1.165) is 13.0 Å². The number of rotatable bonds is 7. The third-order valence-electron chi connectivity index (χ3n) is 2.80. The predicted molar refractivity (Wildman–Crippen MR) is 77.4 cm³/mol. The Morgan fingerprint density at radius 1 is 1.28 bits per heavy atom. The second-order valence-electron chi connectivity index (χ2n) is 4.55. The topological polar surface area (TPSA) is 29.1 Å². The van der Waals surface area contributed by atoms with E-state index >= 15 is 0 Å². The molecule has 1 aliphatic carbocycles. The average Bonchev–Trinajstić information content (AvgIpc) is 2.57. The van der Waals surface area contributed by atoms with E-state index in [2.05, 4.69) is 48.7 Å². The van der Waals surface area contributed by atoms with Crippen LogP contribution in [-0.4, -0.2) is 18.4 Å². The molecular weight excluding hydrogens is 222 g/mol. The van der Waals surface area contributed by atoms with E-state index < -0.39 is 0 Å². The summed E-state index contributed by atoms with van der Waals surface area (Å²) in [7, 11) is 0. The number of hydrogen-bond acceptors (Lipinski definition) is 2. The number of ketones is 1. The van der Waals surface area contributed by atoms with Gasteiger partial charge in [0.15, 0.2) is 0 Å². The standard InChI is InChI=1S/C16H23NO/c1-3-17-16(13-14(2)18)12-8-11-15-9-6-4-5-7-10-15/h4-10,12,15-17H,3,11,13H2,1-2H3. The maximum absolute atomic E-state index is 11.1. The van der Waals surface area contributed by atoms with Crippen LogP contribution in [0.25, 0.3) is 0 Å². The van der Waals surface area contributed by atoms with Gasteiger partial charge in [0.25, 0.3) is 0 Å². The monoisotopic (exact) mass is 245 g/mol. The van der Waals surface area contributed by atoms with Crippen LogP contribution in [0.15, 0.2) is 48.6 Å². The summed E-state index contributed by atoms with van der Waals surface area (Å²) in [6.07, 6.45) is 18.5. The summed E-state index contributed by atoms with van der Waals surface area (Å²) in [5, 5.41) is 3.31. The highest BCUT2D eigenvalue weighted by Crippen LogP contribution is 2.11. The lowest BCUT2D eigenvalue weighted by Crippen LogP contribution is -2.28. The Labute approximate surface area is 110 Å². The van der Waals surface area contributed by atoms with E-state index in [1.54, 1.807) is 6.92 Å². The molecule has 0 aromatic rings. The van der Waals surface area contributed by atoms with Gasteiger partial charge in [0.05, 0.1) is 0 Å². The normalized spacial score (nSPS) is 17.2. The molecule has 18 heavy (non-hydrogen) atoms. The van der Waals surface area contributed by atoms with Gasteiger partial charge in [0, 0.05) is 12.5 Å². The van der Waals surface area contributed by atoms with Gasteiger partial charge in [-0.15, -0.1) is 0 Å². The Morgan fingerprint density at radius 3 is 2.50 bits per heavy atom. The minimum atomic E-state index is 0.171. The third kappa shape index (κ3) is 6.36. The molecule has 0 fully saturated rings. The maximum atomic E-state index is 11.1. The van der Waals surface area contributed by atoms with Crippen molar-refractivity contribution in [2.24, 2.45) is 5.92 Å². The second-order valence-corrected chi connectivity index (χ2v) is 4.55. The van der Waals surface area contributed by atoms with Gasteiger partial charge in [-0.2, -0.15) is 0 Å². The van der Waals surface area contributed by atoms with Crippen LogP contribution in [-0.2, 0) is 4.79 Å². The highest BCUT2D eigenvalue weighted by Gasteiger charge is 2.06. The Bertz CT molecular complexity index is 347. The fraction of sp³-hybridized carbons (Fsp3) is 0.438. The van der Waals surface area contributed by atoms with E-state index in [4.69, 9.17) is 0 Å². The number of carbonyl (C=O) groups excluding carboxylic acids is 1. The van der Waals surface area contributed by atoms with Crippen LogP contribution in [0.4, 0.5) is 0 Å². The van der Waals surface area contributed by atoms with Crippen molar-refractivity contribution in [1.82, 2.24) is 5.32 Å². The summed E-state index contributed by atoms with van der Waals surface area (Å²) in [6, 6.07) is 0.171. The van der Waals surface area contributed by atoms with Crippen molar-refractivity contribution >= 4 is 5.78 Å². The van der Waals surface area contributed by atoms with Crippen molar-refractivity contribution in [3.05, 3.63) is 48.6 Å². The van der Waals surface area contributed by atoms with Crippen LogP contribution >= 0.6 is 0 Å². The minimum Gasteiger partial charge on any atom is -0.310 e. The number of hydrogen-bond donors (Lipinski definition) is 1. The molecule has 0 aromatic heterocycles. The van der Waals surface area contributed by atoms with Gasteiger partial charge in [-0.25, -0.2) is 0 Å². The molecule has 1 rings (SSSR count). The third-order valence-corrected chi connectivity index (χ3v) is 2.80. The second kappa shape index (κ2) is 8.65. The Hall–Kier alpha value is -1.41. The average molecular weight is 245 g/mol. The van der Waals surface area contributed by atoms with E-state index in [0.29, 0.717) is 12.3 Å². The van der Waals surface area contributed by atoms with Crippen molar-refractivity contribution in [2.75, 3.05) is 6.54 Å². The highest BCUT2D eigenvalue weighted by atomic mass is 16.1. The molecule has 0 spiro atoms. The molecule has 2 heteroatoms. The summed E-state index contributed by atoms with van der Waals surface area (Å²) in [5.41, 5.74) is 0. The molecule has 1 atom stereocenters. The zero-order chi connectivity index (χ0) is 13.2. The van der Waals surface area contributed by atoms with Gasteiger partial charge < -0.3 is 5.32 Å². The molecule has 0 saturated carbocycles. The van der Waals surface area contributed by atoms with E-state index in [1.807, 2.05) is 12.2 Å². The first-order chi connectivity index (χ1) is 8.72. The fourth-order valence-corrected chi connectivity index (χ4v) is 1.94. The fourth-order valence-electron chi connectivity index (χ4n) is 1.94. The van der Waals surface area contributed by atoms with Crippen molar-refractivity contribution in [1.29, 1.82) is 0 Å². The van der Waals surface area contributed by atoms with Crippen molar-refractivity contribution < 1.29 is 4.79 Å². The van der Waals surface area contributed by atoms with Crippen LogP contribution in [0, 0.1) is 5.92 Å².